The zero-order chi connectivity index (χ0) is 15.4. The van der Waals surface area contributed by atoms with Crippen LogP contribution in [0.15, 0.2) is 24.3 Å². The second-order valence-electron chi connectivity index (χ2n) is 6.77. The lowest BCUT2D eigenvalue weighted by Crippen LogP contribution is -2.32. The number of rotatable bonds is 4. The number of carbonyl (C=O) groups excluding carboxylic acids is 1. The standard InChI is InChI=1S/C18H27N3O.2ClH/c1-14-7-10-21(11-8-14)17-6-2-4-16(12-17)20-18(22)13-15-5-3-9-19-15;;/h2,4,6,12,14-15,19H,3,5,7-11,13H2,1H3,(H,20,22);2*1H. The maximum Gasteiger partial charge on any atom is 0.225 e. The highest BCUT2D eigenvalue weighted by Gasteiger charge is 2.19. The van der Waals surface area contributed by atoms with Crippen LogP contribution in [0.3, 0.4) is 0 Å². The number of carbonyl (C=O) groups is 1. The molecule has 2 saturated heterocycles. The molecule has 6 heteroatoms. The van der Waals surface area contributed by atoms with Crippen molar-refractivity contribution in [2.75, 3.05) is 29.9 Å². The summed E-state index contributed by atoms with van der Waals surface area (Å²) in [5.41, 5.74) is 2.14. The Morgan fingerprint density at radius 1 is 1.25 bits per heavy atom. The van der Waals surface area contributed by atoms with Crippen LogP contribution in [0.5, 0.6) is 0 Å². The summed E-state index contributed by atoms with van der Waals surface area (Å²) in [6.07, 6.45) is 5.37. The average molecular weight is 374 g/mol. The number of nitrogens with one attached hydrogen (secondary N) is 2. The van der Waals surface area contributed by atoms with Gasteiger partial charge in [-0.25, -0.2) is 0 Å². The van der Waals surface area contributed by atoms with Gasteiger partial charge in [-0.3, -0.25) is 4.79 Å². The molecule has 0 aliphatic carbocycles. The van der Waals surface area contributed by atoms with Crippen molar-refractivity contribution in [3.63, 3.8) is 0 Å². The minimum absolute atomic E-state index is 0. The zero-order valence-corrected chi connectivity index (χ0v) is 15.9. The van der Waals surface area contributed by atoms with E-state index in [4.69, 9.17) is 0 Å². The highest BCUT2D eigenvalue weighted by Crippen LogP contribution is 2.25. The summed E-state index contributed by atoms with van der Waals surface area (Å²) in [5.74, 6) is 0.946. The van der Waals surface area contributed by atoms with Crippen LogP contribution in [0, 0.1) is 5.92 Å². The summed E-state index contributed by atoms with van der Waals surface area (Å²) >= 11 is 0. The third kappa shape index (κ3) is 5.83. The van der Waals surface area contributed by atoms with Crippen LogP contribution in [0.2, 0.25) is 0 Å². The van der Waals surface area contributed by atoms with Gasteiger partial charge in [-0.1, -0.05) is 13.0 Å². The van der Waals surface area contributed by atoms with Crippen molar-refractivity contribution < 1.29 is 4.79 Å². The van der Waals surface area contributed by atoms with Crippen LogP contribution in [0.1, 0.15) is 39.0 Å². The fraction of sp³-hybridized carbons (Fsp3) is 0.611. The minimum Gasteiger partial charge on any atom is -0.371 e. The van der Waals surface area contributed by atoms with Gasteiger partial charge in [0.2, 0.25) is 5.91 Å². The molecule has 1 amide bonds. The lowest BCUT2D eigenvalue weighted by molar-refractivity contribution is -0.116. The van der Waals surface area contributed by atoms with Crippen LogP contribution in [0.25, 0.3) is 0 Å². The molecular formula is C18H29Cl2N3O. The summed E-state index contributed by atoms with van der Waals surface area (Å²) in [6, 6.07) is 8.62. The minimum atomic E-state index is 0. The average Bonchev–Trinajstić information content (AvgIpc) is 3.01. The van der Waals surface area contributed by atoms with Crippen LogP contribution in [-0.2, 0) is 4.79 Å². The maximum atomic E-state index is 12.1. The van der Waals surface area contributed by atoms with Gasteiger partial charge in [0.15, 0.2) is 0 Å². The van der Waals surface area contributed by atoms with Crippen LogP contribution >= 0.6 is 24.8 Å². The molecule has 2 N–H and O–H groups in total. The SMILES string of the molecule is CC1CCN(c2cccc(NC(=O)CC3CCCN3)c2)CC1.Cl.Cl. The largest absolute Gasteiger partial charge is 0.371 e. The molecule has 1 aromatic rings. The molecule has 3 rings (SSSR count). The van der Waals surface area contributed by atoms with Gasteiger partial charge in [0.25, 0.3) is 0 Å². The molecule has 2 aliphatic heterocycles. The van der Waals surface area contributed by atoms with E-state index in [9.17, 15) is 4.79 Å². The molecular weight excluding hydrogens is 345 g/mol. The Hall–Kier alpha value is -0.970. The van der Waals surface area contributed by atoms with Crippen molar-refractivity contribution in [2.24, 2.45) is 5.92 Å². The van der Waals surface area contributed by atoms with E-state index in [0.29, 0.717) is 12.5 Å². The lowest BCUT2D eigenvalue weighted by atomic mass is 9.99. The number of piperidine rings is 1. The maximum absolute atomic E-state index is 12.1. The fourth-order valence-electron chi connectivity index (χ4n) is 3.41. The highest BCUT2D eigenvalue weighted by atomic mass is 35.5. The Morgan fingerprint density at radius 3 is 2.67 bits per heavy atom. The van der Waals surface area contributed by atoms with Gasteiger partial charge in [0, 0.05) is 36.9 Å². The van der Waals surface area contributed by atoms with E-state index >= 15 is 0 Å². The number of amides is 1. The first-order valence-corrected chi connectivity index (χ1v) is 8.59. The highest BCUT2D eigenvalue weighted by molar-refractivity contribution is 5.91. The van der Waals surface area contributed by atoms with Crippen LogP contribution in [-0.4, -0.2) is 31.6 Å². The molecule has 24 heavy (non-hydrogen) atoms. The smallest absolute Gasteiger partial charge is 0.225 e. The van der Waals surface area contributed by atoms with E-state index in [-0.39, 0.29) is 30.7 Å². The van der Waals surface area contributed by atoms with Crippen molar-refractivity contribution in [3.05, 3.63) is 24.3 Å². The van der Waals surface area contributed by atoms with Gasteiger partial charge in [0.05, 0.1) is 0 Å². The molecule has 2 heterocycles. The number of halogens is 2. The number of hydrogen-bond acceptors (Lipinski definition) is 3. The number of nitrogens with zero attached hydrogens (tertiary/aromatic N) is 1. The van der Waals surface area contributed by atoms with Crippen LogP contribution < -0.4 is 15.5 Å². The van der Waals surface area contributed by atoms with E-state index in [0.717, 1.165) is 37.7 Å². The topological polar surface area (TPSA) is 44.4 Å². The molecule has 136 valence electrons. The molecule has 1 atom stereocenters. The summed E-state index contributed by atoms with van der Waals surface area (Å²) < 4.78 is 0. The van der Waals surface area contributed by atoms with Gasteiger partial charge in [0.1, 0.15) is 0 Å². The molecule has 0 aromatic heterocycles. The Morgan fingerprint density at radius 2 is 2.00 bits per heavy atom. The number of benzene rings is 1. The monoisotopic (exact) mass is 373 g/mol. The van der Waals surface area contributed by atoms with Crippen molar-refractivity contribution in [2.45, 2.75) is 45.1 Å². The van der Waals surface area contributed by atoms with Gasteiger partial charge >= 0.3 is 0 Å². The zero-order valence-electron chi connectivity index (χ0n) is 14.3. The van der Waals surface area contributed by atoms with E-state index < -0.39 is 0 Å². The lowest BCUT2D eigenvalue weighted by Gasteiger charge is -2.32. The van der Waals surface area contributed by atoms with E-state index in [2.05, 4.69) is 34.6 Å². The summed E-state index contributed by atoms with van der Waals surface area (Å²) in [7, 11) is 0. The van der Waals surface area contributed by atoms with E-state index in [1.54, 1.807) is 0 Å². The van der Waals surface area contributed by atoms with E-state index in [1.165, 1.54) is 24.9 Å². The molecule has 0 spiro atoms. The molecule has 2 fully saturated rings. The Kier molecular flexibility index (Phi) is 8.88. The molecule has 2 aliphatic rings. The Labute approximate surface area is 157 Å². The van der Waals surface area contributed by atoms with Crippen molar-refractivity contribution in [1.82, 2.24) is 5.32 Å². The fourth-order valence-corrected chi connectivity index (χ4v) is 3.41. The van der Waals surface area contributed by atoms with Gasteiger partial charge in [-0.05, 0) is 56.3 Å². The van der Waals surface area contributed by atoms with Crippen molar-refractivity contribution in [1.29, 1.82) is 0 Å². The molecule has 1 unspecified atom stereocenters. The third-order valence-corrected chi connectivity index (χ3v) is 4.87. The summed E-state index contributed by atoms with van der Waals surface area (Å²) in [5, 5.41) is 6.42. The summed E-state index contributed by atoms with van der Waals surface area (Å²) in [4.78, 5) is 14.6. The molecule has 1 aromatic carbocycles. The first-order valence-electron chi connectivity index (χ1n) is 8.59. The van der Waals surface area contributed by atoms with E-state index in [1.807, 2.05) is 12.1 Å². The summed E-state index contributed by atoms with van der Waals surface area (Å²) in [6.45, 7) is 5.60. The van der Waals surface area contributed by atoms with Crippen LogP contribution in [0.4, 0.5) is 11.4 Å². The van der Waals surface area contributed by atoms with Gasteiger partial charge in [-0.15, -0.1) is 24.8 Å². The molecule has 4 nitrogen and oxygen atoms in total. The van der Waals surface area contributed by atoms with Gasteiger partial charge in [-0.2, -0.15) is 0 Å². The molecule has 0 radical (unpaired) electrons. The van der Waals surface area contributed by atoms with Crippen molar-refractivity contribution >= 4 is 42.1 Å². The Bertz CT molecular complexity index is 513. The normalized spacial score (nSPS) is 20.9. The quantitative estimate of drug-likeness (QED) is 0.842. The second-order valence-corrected chi connectivity index (χ2v) is 6.77. The number of hydrogen-bond donors (Lipinski definition) is 2. The predicted octanol–water partition coefficient (Wildman–Crippen LogP) is 3.85. The predicted molar refractivity (Wildman–Crippen MR) is 106 cm³/mol. The second kappa shape index (κ2) is 10.1. The molecule has 0 bridgehead atoms. The third-order valence-electron chi connectivity index (χ3n) is 4.87. The first-order chi connectivity index (χ1) is 10.7. The van der Waals surface area contributed by atoms with Gasteiger partial charge < -0.3 is 15.5 Å². The Balaban J connectivity index is 0.00000144. The number of anilines is 2. The molecule has 0 saturated carbocycles. The van der Waals surface area contributed by atoms with Crippen molar-refractivity contribution in [3.8, 4) is 0 Å². The first kappa shape index (κ1) is 21.1.